The molecule has 0 aliphatic rings. The van der Waals surface area contributed by atoms with Gasteiger partial charge in [-0.05, 0) is 26.9 Å². The molecule has 6 heteroatoms. The van der Waals surface area contributed by atoms with Crippen molar-refractivity contribution < 1.29 is 13.5 Å². The van der Waals surface area contributed by atoms with Crippen LogP contribution in [-0.2, 0) is 0 Å². The van der Waals surface area contributed by atoms with Crippen molar-refractivity contribution in [3.8, 4) is 5.88 Å². The number of ether oxygens (including phenoxy) is 1. The predicted molar refractivity (Wildman–Crippen MR) is 71.6 cm³/mol. The van der Waals surface area contributed by atoms with Crippen LogP contribution in [0.5, 0.6) is 5.88 Å². The molecule has 0 fully saturated rings. The smallest absolute Gasteiger partial charge is 0.252 e. The fourth-order valence-corrected chi connectivity index (χ4v) is 1.47. The average Bonchev–Trinajstić information content (AvgIpc) is 2.35. The summed E-state index contributed by atoms with van der Waals surface area (Å²) in [6.45, 7) is 3.72. The fourth-order valence-electron chi connectivity index (χ4n) is 1.47. The first kappa shape index (κ1) is 15.6. The molecular weight excluding hydrogens is 252 g/mol. The molecule has 0 saturated carbocycles. The molecule has 0 unspecified atom stereocenters. The van der Waals surface area contributed by atoms with Crippen LogP contribution in [-0.4, -0.2) is 43.7 Å². The molecule has 1 aromatic heterocycles. The highest BCUT2D eigenvalue weighted by Crippen LogP contribution is 2.20. The molecule has 0 saturated heterocycles. The van der Waals surface area contributed by atoms with E-state index < -0.39 is 11.6 Å². The van der Waals surface area contributed by atoms with Crippen molar-refractivity contribution in [3.05, 3.63) is 17.7 Å². The Morgan fingerprint density at radius 1 is 1.32 bits per heavy atom. The Bertz CT molecular complexity index is 400. The molecule has 0 aliphatic heterocycles. The quantitative estimate of drug-likeness (QED) is 0.739. The second-order valence-corrected chi connectivity index (χ2v) is 4.54. The van der Waals surface area contributed by atoms with Crippen LogP contribution in [0.2, 0.25) is 0 Å². The van der Waals surface area contributed by atoms with Crippen LogP contribution in [0.1, 0.15) is 19.8 Å². The predicted octanol–water partition coefficient (Wildman–Crippen LogP) is 2.51. The van der Waals surface area contributed by atoms with Crippen LogP contribution < -0.4 is 10.1 Å². The topological polar surface area (TPSA) is 37.4 Å². The van der Waals surface area contributed by atoms with Crippen LogP contribution in [0.15, 0.2) is 6.07 Å². The molecule has 0 radical (unpaired) electrons. The third-order valence-corrected chi connectivity index (χ3v) is 2.43. The molecule has 1 rings (SSSR count). The molecule has 1 heterocycles. The molecule has 0 bridgehead atoms. The van der Waals surface area contributed by atoms with Crippen molar-refractivity contribution in [2.24, 2.45) is 0 Å². The first-order chi connectivity index (χ1) is 9.04. The lowest BCUT2D eigenvalue weighted by Gasteiger charge is -2.12. The number of anilines is 1. The van der Waals surface area contributed by atoms with Gasteiger partial charge in [-0.15, -0.1) is 0 Å². The summed E-state index contributed by atoms with van der Waals surface area (Å²) >= 11 is 0. The van der Waals surface area contributed by atoms with Crippen LogP contribution in [0.4, 0.5) is 14.6 Å². The van der Waals surface area contributed by atoms with Crippen molar-refractivity contribution in [3.63, 3.8) is 0 Å². The van der Waals surface area contributed by atoms with Gasteiger partial charge in [0.1, 0.15) is 0 Å². The molecular formula is C13H21F2N3O. The van der Waals surface area contributed by atoms with E-state index in [9.17, 15) is 8.78 Å². The molecule has 1 N–H and O–H groups in total. The number of halogens is 2. The maximum absolute atomic E-state index is 13.5. The first-order valence-electron chi connectivity index (χ1n) is 6.42. The zero-order chi connectivity index (χ0) is 14.3. The van der Waals surface area contributed by atoms with Crippen LogP contribution in [0.25, 0.3) is 0 Å². The SMILES string of the molecule is CCCNc1nc(OCCCN(C)C)c(F)cc1F. The molecule has 0 spiro atoms. The highest BCUT2D eigenvalue weighted by molar-refractivity contribution is 5.39. The highest BCUT2D eigenvalue weighted by atomic mass is 19.1. The minimum Gasteiger partial charge on any atom is -0.475 e. The Hall–Kier alpha value is -1.43. The molecule has 0 amide bonds. The van der Waals surface area contributed by atoms with Gasteiger partial charge in [-0.2, -0.15) is 4.98 Å². The van der Waals surface area contributed by atoms with Gasteiger partial charge in [0, 0.05) is 19.2 Å². The van der Waals surface area contributed by atoms with Gasteiger partial charge in [0.25, 0.3) is 5.88 Å². The standard InChI is InChI=1S/C13H21F2N3O/c1-4-6-16-12-10(14)9-11(15)13(17-12)19-8-5-7-18(2)3/h9H,4-8H2,1-3H3,(H,16,17). The monoisotopic (exact) mass is 273 g/mol. The molecule has 0 atom stereocenters. The summed E-state index contributed by atoms with van der Waals surface area (Å²) in [5.41, 5.74) is 0. The maximum Gasteiger partial charge on any atom is 0.252 e. The normalized spacial score (nSPS) is 10.8. The van der Waals surface area contributed by atoms with E-state index in [-0.39, 0.29) is 11.7 Å². The maximum atomic E-state index is 13.5. The van der Waals surface area contributed by atoms with E-state index in [1.165, 1.54) is 0 Å². The van der Waals surface area contributed by atoms with Gasteiger partial charge in [0.05, 0.1) is 6.61 Å². The Morgan fingerprint density at radius 3 is 2.68 bits per heavy atom. The third kappa shape index (κ3) is 5.38. The van der Waals surface area contributed by atoms with Gasteiger partial charge in [-0.3, -0.25) is 0 Å². The van der Waals surface area contributed by atoms with E-state index in [1.807, 2.05) is 25.9 Å². The van der Waals surface area contributed by atoms with Crippen molar-refractivity contribution >= 4 is 5.82 Å². The largest absolute Gasteiger partial charge is 0.475 e. The van der Waals surface area contributed by atoms with Gasteiger partial charge in [0.15, 0.2) is 17.5 Å². The van der Waals surface area contributed by atoms with E-state index in [4.69, 9.17) is 4.74 Å². The molecule has 4 nitrogen and oxygen atoms in total. The molecule has 0 aromatic carbocycles. The Kier molecular flexibility index (Phi) is 6.49. The van der Waals surface area contributed by atoms with Gasteiger partial charge in [-0.25, -0.2) is 8.78 Å². The summed E-state index contributed by atoms with van der Waals surface area (Å²) in [4.78, 5) is 5.84. The van der Waals surface area contributed by atoms with Crippen LogP contribution >= 0.6 is 0 Å². The minimum absolute atomic E-state index is 0.0332. The second-order valence-electron chi connectivity index (χ2n) is 4.54. The van der Waals surface area contributed by atoms with Gasteiger partial charge in [-0.1, -0.05) is 6.92 Å². The summed E-state index contributed by atoms with van der Waals surface area (Å²) in [6, 6.07) is 0.798. The zero-order valence-corrected chi connectivity index (χ0v) is 11.7. The van der Waals surface area contributed by atoms with Gasteiger partial charge >= 0.3 is 0 Å². The Balaban J connectivity index is 2.61. The number of nitrogens with zero attached hydrogens (tertiary/aromatic N) is 2. The summed E-state index contributed by atoms with van der Waals surface area (Å²) in [5, 5.41) is 2.80. The van der Waals surface area contributed by atoms with E-state index in [0.29, 0.717) is 13.2 Å². The third-order valence-electron chi connectivity index (χ3n) is 2.43. The summed E-state index contributed by atoms with van der Waals surface area (Å²) in [5.74, 6) is -1.60. The number of rotatable bonds is 8. The highest BCUT2D eigenvalue weighted by Gasteiger charge is 2.12. The van der Waals surface area contributed by atoms with E-state index in [2.05, 4.69) is 10.3 Å². The van der Waals surface area contributed by atoms with E-state index >= 15 is 0 Å². The summed E-state index contributed by atoms with van der Waals surface area (Å²) in [6.07, 6.45) is 1.58. The number of pyridine rings is 1. The van der Waals surface area contributed by atoms with Crippen molar-refractivity contribution in [1.29, 1.82) is 0 Å². The van der Waals surface area contributed by atoms with Crippen LogP contribution in [0, 0.1) is 11.6 Å². The molecule has 19 heavy (non-hydrogen) atoms. The number of hydrogen-bond donors (Lipinski definition) is 1. The Morgan fingerprint density at radius 2 is 2.05 bits per heavy atom. The van der Waals surface area contributed by atoms with Crippen LogP contribution in [0.3, 0.4) is 0 Å². The summed E-state index contributed by atoms with van der Waals surface area (Å²) in [7, 11) is 3.90. The average molecular weight is 273 g/mol. The lowest BCUT2D eigenvalue weighted by atomic mass is 10.4. The van der Waals surface area contributed by atoms with E-state index in [1.54, 1.807) is 0 Å². The summed E-state index contributed by atoms with van der Waals surface area (Å²) < 4.78 is 32.1. The zero-order valence-electron chi connectivity index (χ0n) is 11.7. The second kappa shape index (κ2) is 7.89. The van der Waals surface area contributed by atoms with Gasteiger partial charge in [0.2, 0.25) is 0 Å². The van der Waals surface area contributed by atoms with Crippen molar-refractivity contribution in [2.45, 2.75) is 19.8 Å². The number of nitrogens with one attached hydrogen (secondary N) is 1. The molecule has 108 valence electrons. The Labute approximate surface area is 112 Å². The fraction of sp³-hybridized carbons (Fsp3) is 0.615. The van der Waals surface area contributed by atoms with Crippen molar-refractivity contribution in [2.75, 3.05) is 39.1 Å². The molecule has 1 aromatic rings. The van der Waals surface area contributed by atoms with E-state index in [0.717, 1.165) is 25.5 Å². The number of aromatic nitrogens is 1. The van der Waals surface area contributed by atoms with Crippen molar-refractivity contribution in [1.82, 2.24) is 9.88 Å². The lowest BCUT2D eigenvalue weighted by molar-refractivity contribution is 0.261. The van der Waals surface area contributed by atoms with Gasteiger partial charge < -0.3 is 15.0 Å². The first-order valence-corrected chi connectivity index (χ1v) is 6.42. The molecule has 0 aliphatic carbocycles. The minimum atomic E-state index is -0.774. The number of hydrogen-bond acceptors (Lipinski definition) is 4. The lowest BCUT2D eigenvalue weighted by Crippen LogP contribution is -2.16.